The summed E-state index contributed by atoms with van der Waals surface area (Å²) in [4.78, 5) is 41.6. The molecule has 3 aliphatic heterocycles. The molecule has 2 saturated heterocycles. The summed E-state index contributed by atoms with van der Waals surface area (Å²) in [6.45, 7) is 6.15. The van der Waals surface area contributed by atoms with Gasteiger partial charge in [-0.05, 0) is 37.3 Å². The van der Waals surface area contributed by atoms with Crippen LogP contribution in [0, 0.1) is 17.8 Å². The molecule has 31 heavy (non-hydrogen) atoms. The number of benzene rings is 1. The van der Waals surface area contributed by atoms with E-state index in [1.54, 1.807) is 25.8 Å². The largest absolute Gasteiger partial charge is 0.461 e. The zero-order valence-corrected chi connectivity index (χ0v) is 18.5. The lowest BCUT2D eigenvalue weighted by molar-refractivity contribution is -0.215. The highest BCUT2D eigenvalue weighted by molar-refractivity contribution is 5.96. The van der Waals surface area contributed by atoms with E-state index in [0.717, 1.165) is 17.7 Å². The summed E-state index contributed by atoms with van der Waals surface area (Å²) in [6.07, 6.45) is 0.893. The maximum Gasteiger partial charge on any atom is 0.312 e. The van der Waals surface area contributed by atoms with E-state index in [9.17, 15) is 14.4 Å². The minimum absolute atomic E-state index is 0.00753. The van der Waals surface area contributed by atoms with Crippen LogP contribution in [0.3, 0.4) is 0 Å². The van der Waals surface area contributed by atoms with Crippen molar-refractivity contribution in [3.63, 3.8) is 0 Å². The zero-order valence-electron chi connectivity index (χ0n) is 18.5. The maximum absolute atomic E-state index is 13.1. The van der Waals surface area contributed by atoms with Gasteiger partial charge >= 0.3 is 5.97 Å². The fraction of sp³-hybridized carbons (Fsp3) is 0.625. The van der Waals surface area contributed by atoms with Gasteiger partial charge in [-0.25, -0.2) is 0 Å². The molecular formula is C24H30N2O5. The van der Waals surface area contributed by atoms with E-state index < -0.39 is 5.41 Å². The Labute approximate surface area is 182 Å². The van der Waals surface area contributed by atoms with Gasteiger partial charge in [0.05, 0.1) is 30.1 Å². The van der Waals surface area contributed by atoms with Gasteiger partial charge in [-0.15, -0.1) is 0 Å². The van der Waals surface area contributed by atoms with Crippen molar-refractivity contribution in [3.8, 4) is 0 Å². The van der Waals surface area contributed by atoms with Gasteiger partial charge in [0, 0.05) is 39.0 Å². The van der Waals surface area contributed by atoms with Gasteiger partial charge in [-0.3, -0.25) is 14.4 Å². The molecule has 2 bridgehead atoms. The highest BCUT2D eigenvalue weighted by Crippen LogP contribution is 2.61. The monoisotopic (exact) mass is 426 g/mol. The average molecular weight is 427 g/mol. The first-order valence-electron chi connectivity index (χ1n) is 11.2. The van der Waals surface area contributed by atoms with Gasteiger partial charge in [0.15, 0.2) is 0 Å². The third-order valence-electron chi connectivity index (χ3n) is 8.27. The van der Waals surface area contributed by atoms with Gasteiger partial charge in [0.25, 0.3) is 0 Å². The molecule has 3 fully saturated rings. The van der Waals surface area contributed by atoms with Crippen molar-refractivity contribution in [2.45, 2.75) is 57.3 Å². The number of para-hydroxylation sites is 1. The molecule has 0 aromatic heterocycles. The smallest absolute Gasteiger partial charge is 0.312 e. The van der Waals surface area contributed by atoms with Crippen LogP contribution in [-0.4, -0.2) is 61.1 Å². The summed E-state index contributed by atoms with van der Waals surface area (Å²) in [7, 11) is 1.79. The number of carbonyl (C=O) groups is 3. The first kappa shape index (κ1) is 20.5. The van der Waals surface area contributed by atoms with Gasteiger partial charge in [-0.1, -0.05) is 18.2 Å². The lowest BCUT2D eigenvalue weighted by Gasteiger charge is -2.59. The Bertz CT molecular complexity index is 948. The van der Waals surface area contributed by atoms with E-state index in [2.05, 4.69) is 6.07 Å². The fourth-order valence-electron chi connectivity index (χ4n) is 6.82. The highest BCUT2D eigenvalue weighted by atomic mass is 16.6. The lowest BCUT2D eigenvalue weighted by atomic mass is 9.53. The van der Waals surface area contributed by atoms with Crippen molar-refractivity contribution in [3.05, 3.63) is 29.8 Å². The molecule has 0 N–H and O–H groups in total. The Balaban J connectivity index is 1.68. The third-order valence-corrected chi connectivity index (χ3v) is 8.27. The number of anilines is 1. The second kappa shape index (κ2) is 7.05. The van der Waals surface area contributed by atoms with Crippen molar-refractivity contribution in [2.24, 2.45) is 17.8 Å². The average Bonchev–Trinajstić information content (AvgIpc) is 3.03. The highest BCUT2D eigenvalue weighted by Gasteiger charge is 2.68. The van der Waals surface area contributed by atoms with Gasteiger partial charge in [-0.2, -0.15) is 0 Å². The van der Waals surface area contributed by atoms with Crippen LogP contribution in [0.2, 0.25) is 0 Å². The molecule has 2 amide bonds. The molecule has 1 aliphatic carbocycles. The zero-order chi connectivity index (χ0) is 22.1. The van der Waals surface area contributed by atoms with Crippen LogP contribution >= 0.6 is 0 Å². The molecule has 7 atom stereocenters. The molecule has 4 aliphatic rings. The number of esters is 1. The summed E-state index contributed by atoms with van der Waals surface area (Å²) in [5.74, 6) is -0.313. The third kappa shape index (κ3) is 2.71. The van der Waals surface area contributed by atoms with Crippen LogP contribution in [0.1, 0.15) is 39.2 Å². The summed E-state index contributed by atoms with van der Waals surface area (Å²) >= 11 is 0. The van der Waals surface area contributed by atoms with Crippen LogP contribution < -0.4 is 4.90 Å². The topological polar surface area (TPSA) is 76.2 Å². The molecule has 7 heteroatoms. The van der Waals surface area contributed by atoms with Crippen molar-refractivity contribution in [1.29, 1.82) is 0 Å². The van der Waals surface area contributed by atoms with Crippen LogP contribution in [-0.2, 0) is 29.3 Å². The molecule has 1 aromatic rings. The predicted octanol–water partition coefficient (Wildman–Crippen LogP) is 2.12. The van der Waals surface area contributed by atoms with Crippen molar-refractivity contribution in [1.82, 2.24) is 4.90 Å². The quantitative estimate of drug-likeness (QED) is 0.692. The first-order valence-corrected chi connectivity index (χ1v) is 11.2. The number of ether oxygens (including phenoxy) is 2. The van der Waals surface area contributed by atoms with Gasteiger partial charge < -0.3 is 19.3 Å². The van der Waals surface area contributed by atoms with Gasteiger partial charge in [0.1, 0.15) is 6.10 Å². The molecular weight excluding hydrogens is 396 g/mol. The Hall–Kier alpha value is -2.41. The standard InChI is InChI=1S/C24H30N2O5/c1-13-21-16-11-20(31-23(21)29)24(9-10-25(4)14(2)27)18-7-5-6-8-19(18)26(15(3)28)22(24)17(16)12-30-13/h5-8,13,16-17,20-22H,9-12H2,1-4H3/t13-,16?,17?,20+,21+,22+,24?/m1/s1. The molecule has 166 valence electrons. The first-order chi connectivity index (χ1) is 14.8. The Morgan fingerprint density at radius 2 is 1.97 bits per heavy atom. The van der Waals surface area contributed by atoms with Crippen LogP contribution in [0.15, 0.2) is 24.3 Å². The van der Waals surface area contributed by atoms with E-state index in [-0.39, 0.29) is 53.8 Å². The Morgan fingerprint density at radius 1 is 1.23 bits per heavy atom. The summed E-state index contributed by atoms with van der Waals surface area (Å²) in [5, 5.41) is 0. The lowest BCUT2D eigenvalue weighted by Crippen LogP contribution is -2.70. The maximum atomic E-state index is 13.1. The van der Waals surface area contributed by atoms with E-state index in [1.165, 1.54) is 0 Å². The number of hydrogen-bond acceptors (Lipinski definition) is 5. The van der Waals surface area contributed by atoms with Crippen LogP contribution in [0.5, 0.6) is 0 Å². The molecule has 3 heterocycles. The van der Waals surface area contributed by atoms with Crippen LogP contribution in [0.25, 0.3) is 0 Å². The summed E-state index contributed by atoms with van der Waals surface area (Å²) < 4.78 is 12.2. The summed E-state index contributed by atoms with van der Waals surface area (Å²) in [6, 6.07) is 7.82. The van der Waals surface area contributed by atoms with Crippen molar-refractivity contribution in [2.75, 3.05) is 25.1 Å². The van der Waals surface area contributed by atoms with E-state index in [4.69, 9.17) is 9.47 Å². The number of hydrogen-bond donors (Lipinski definition) is 0. The Morgan fingerprint density at radius 3 is 2.68 bits per heavy atom. The molecule has 1 saturated carbocycles. The molecule has 3 unspecified atom stereocenters. The van der Waals surface area contributed by atoms with Crippen LogP contribution in [0.4, 0.5) is 5.69 Å². The SMILES string of the molecule is CC(=O)N(C)CCC12c3ccccc3N(C(C)=O)[C@H]1C1CO[C@H](C)[C@@H]3C(=O)O[C@H]2CC13. The molecule has 1 aromatic carbocycles. The number of carbonyl (C=O) groups excluding carboxylic acids is 3. The van der Waals surface area contributed by atoms with Crippen molar-refractivity contribution < 1.29 is 23.9 Å². The van der Waals surface area contributed by atoms with Gasteiger partial charge in [0.2, 0.25) is 11.8 Å². The number of rotatable bonds is 3. The predicted molar refractivity (Wildman–Crippen MR) is 113 cm³/mol. The number of nitrogens with zero attached hydrogens (tertiary/aromatic N) is 2. The van der Waals surface area contributed by atoms with Crippen molar-refractivity contribution >= 4 is 23.5 Å². The molecule has 0 spiro atoms. The molecule has 7 nitrogen and oxygen atoms in total. The minimum atomic E-state index is -0.558. The Kier molecular flexibility index (Phi) is 4.66. The van der Waals surface area contributed by atoms with E-state index in [1.807, 2.05) is 30.0 Å². The fourth-order valence-corrected chi connectivity index (χ4v) is 6.82. The molecule has 0 radical (unpaired) electrons. The normalized spacial score (nSPS) is 37.5. The second-order valence-electron chi connectivity index (χ2n) is 9.64. The summed E-state index contributed by atoms with van der Waals surface area (Å²) in [5.41, 5.74) is 1.38. The van der Waals surface area contributed by atoms with E-state index >= 15 is 0 Å². The number of amides is 2. The number of fused-ring (bicyclic) bond motifs is 6. The molecule has 5 rings (SSSR count). The minimum Gasteiger partial charge on any atom is -0.461 e. The second-order valence-corrected chi connectivity index (χ2v) is 9.64. The van der Waals surface area contributed by atoms with E-state index in [0.29, 0.717) is 19.6 Å².